The number of nitrogens with zero attached hydrogens (tertiary/aromatic N) is 1. The predicted molar refractivity (Wildman–Crippen MR) is 112 cm³/mol. The summed E-state index contributed by atoms with van der Waals surface area (Å²) in [4.78, 5) is 38.3. The Morgan fingerprint density at radius 3 is 2.28 bits per heavy atom. The maximum Gasteiger partial charge on any atom is 0.340 e. The second-order valence-electron chi connectivity index (χ2n) is 6.28. The molecular formula is C22H18BrNO5. The Bertz CT molecular complexity index is 1040. The summed E-state index contributed by atoms with van der Waals surface area (Å²) in [5.74, 6) is -1.97. The molecule has 3 rings (SSSR count). The van der Waals surface area contributed by atoms with Gasteiger partial charge in [-0.25, -0.2) is 9.59 Å². The summed E-state index contributed by atoms with van der Waals surface area (Å²) in [5.41, 5.74) is 2.24. The van der Waals surface area contributed by atoms with E-state index < -0.39 is 11.9 Å². The van der Waals surface area contributed by atoms with Gasteiger partial charge in [0.25, 0.3) is 5.91 Å². The molecule has 1 aliphatic rings. The van der Waals surface area contributed by atoms with Crippen molar-refractivity contribution < 1.29 is 24.2 Å². The Morgan fingerprint density at radius 1 is 1.10 bits per heavy atom. The van der Waals surface area contributed by atoms with Crippen molar-refractivity contribution in [2.24, 2.45) is 0 Å². The van der Waals surface area contributed by atoms with Gasteiger partial charge in [0.2, 0.25) is 0 Å². The van der Waals surface area contributed by atoms with Crippen molar-refractivity contribution in [1.29, 1.82) is 0 Å². The van der Waals surface area contributed by atoms with E-state index in [2.05, 4.69) is 15.9 Å². The molecule has 148 valence electrons. The molecule has 0 unspecified atom stereocenters. The number of halogens is 1. The number of aromatic carboxylic acids is 1. The van der Waals surface area contributed by atoms with Crippen molar-refractivity contribution in [2.45, 2.75) is 13.8 Å². The number of carbonyl (C=O) groups is 3. The van der Waals surface area contributed by atoms with Crippen molar-refractivity contribution in [3.8, 4) is 0 Å². The van der Waals surface area contributed by atoms with E-state index in [4.69, 9.17) is 9.84 Å². The van der Waals surface area contributed by atoms with E-state index >= 15 is 0 Å². The van der Waals surface area contributed by atoms with Gasteiger partial charge in [-0.2, -0.15) is 0 Å². The predicted octanol–water partition coefficient (Wildman–Crippen LogP) is 4.41. The molecular weight excluding hydrogens is 438 g/mol. The summed E-state index contributed by atoms with van der Waals surface area (Å²) in [6, 6.07) is 13.2. The Morgan fingerprint density at radius 2 is 1.72 bits per heavy atom. The van der Waals surface area contributed by atoms with Crippen molar-refractivity contribution in [3.63, 3.8) is 0 Å². The van der Waals surface area contributed by atoms with Crippen LogP contribution >= 0.6 is 15.9 Å². The van der Waals surface area contributed by atoms with Crippen LogP contribution in [0.3, 0.4) is 0 Å². The third-order valence-electron chi connectivity index (χ3n) is 4.43. The third kappa shape index (κ3) is 4.14. The molecule has 0 aromatic heterocycles. The Kier molecular flexibility index (Phi) is 5.98. The van der Waals surface area contributed by atoms with E-state index in [-0.39, 0.29) is 29.2 Å². The molecule has 1 aliphatic heterocycles. The largest absolute Gasteiger partial charge is 0.478 e. The van der Waals surface area contributed by atoms with Crippen LogP contribution in [0.15, 0.2) is 69.8 Å². The van der Waals surface area contributed by atoms with Crippen LogP contribution in [-0.2, 0) is 14.3 Å². The molecule has 0 bridgehead atoms. The average Bonchev–Trinajstić information content (AvgIpc) is 2.93. The van der Waals surface area contributed by atoms with Gasteiger partial charge in [-0.3, -0.25) is 9.69 Å². The molecule has 1 amide bonds. The Balaban J connectivity index is 2.08. The molecule has 7 heteroatoms. The summed E-state index contributed by atoms with van der Waals surface area (Å²) in [6.07, 6.45) is 1.57. The summed E-state index contributed by atoms with van der Waals surface area (Å²) in [7, 11) is 0. The van der Waals surface area contributed by atoms with E-state index in [0.29, 0.717) is 16.9 Å². The lowest BCUT2D eigenvalue weighted by molar-refractivity contribution is -0.138. The molecule has 0 spiro atoms. The first-order chi connectivity index (χ1) is 13.8. The zero-order valence-corrected chi connectivity index (χ0v) is 17.4. The number of hydrogen-bond donors (Lipinski definition) is 1. The minimum absolute atomic E-state index is 0.138. The van der Waals surface area contributed by atoms with Crippen molar-refractivity contribution in [2.75, 3.05) is 11.5 Å². The maximum atomic E-state index is 13.2. The quantitative estimate of drug-likeness (QED) is 0.532. The van der Waals surface area contributed by atoms with Crippen LogP contribution in [0.4, 0.5) is 5.69 Å². The van der Waals surface area contributed by atoms with E-state index in [1.54, 1.807) is 44.2 Å². The lowest BCUT2D eigenvalue weighted by Gasteiger charge is -2.18. The van der Waals surface area contributed by atoms with Gasteiger partial charge in [0.1, 0.15) is 0 Å². The zero-order chi connectivity index (χ0) is 21.1. The summed E-state index contributed by atoms with van der Waals surface area (Å²) in [6.45, 7) is 3.58. The van der Waals surface area contributed by atoms with Crippen molar-refractivity contribution in [1.82, 2.24) is 0 Å². The highest BCUT2D eigenvalue weighted by atomic mass is 79.9. The Labute approximate surface area is 176 Å². The number of anilines is 1. The lowest BCUT2D eigenvalue weighted by atomic mass is 10.0. The molecule has 2 aromatic carbocycles. The molecule has 6 nitrogen and oxygen atoms in total. The number of ether oxygens (including phenoxy) is 1. The second kappa shape index (κ2) is 8.45. The zero-order valence-electron chi connectivity index (χ0n) is 15.8. The number of hydrogen-bond acceptors (Lipinski definition) is 4. The average molecular weight is 456 g/mol. The molecule has 0 saturated carbocycles. The third-order valence-corrected chi connectivity index (χ3v) is 4.96. The maximum absolute atomic E-state index is 13.2. The van der Waals surface area contributed by atoms with Gasteiger partial charge in [-0.05, 0) is 61.9 Å². The first kappa shape index (κ1) is 20.5. The van der Waals surface area contributed by atoms with Crippen LogP contribution in [0, 0.1) is 0 Å². The molecule has 0 atom stereocenters. The fraction of sp³-hybridized carbons (Fsp3) is 0.136. The van der Waals surface area contributed by atoms with Crippen LogP contribution in [-0.4, -0.2) is 29.6 Å². The topological polar surface area (TPSA) is 83.9 Å². The minimum Gasteiger partial charge on any atom is -0.478 e. The van der Waals surface area contributed by atoms with Crippen LogP contribution in [0.1, 0.15) is 29.8 Å². The van der Waals surface area contributed by atoms with Gasteiger partial charge in [-0.1, -0.05) is 28.1 Å². The van der Waals surface area contributed by atoms with E-state index in [1.807, 2.05) is 12.1 Å². The Hall–Kier alpha value is -3.19. The van der Waals surface area contributed by atoms with Gasteiger partial charge < -0.3 is 9.84 Å². The molecule has 1 N–H and O–H groups in total. The molecule has 1 heterocycles. The summed E-state index contributed by atoms with van der Waals surface area (Å²) in [5, 5.41) is 9.04. The first-order valence-electron chi connectivity index (χ1n) is 8.87. The minimum atomic E-state index is -1.04. The smallest absolute Gasteiger partial charge is 0.340 e. The van der Waals surface area contributed by atoms with Crippen molar-refractivity contribution in [3.05, 3.63) is 81.0 Å². The highest BCUT2D eigenvalue weighted by molar-refractivity contribution is 9.10. The molecule has 0 saturated heterocycles. The van der Waals surface area contributed by atoms with Crippen LogP contribution in [0.25, 0.3) is 6.08 Å². The van der Waals surface area contributed by atoms with Gasteiger partial charge in [-0.15, -0.1) is 0 Å². The number of carbonyl (C=O) groups excluding carboxylic acids is 2. The first-order valence-corrected chi connectivity index (χ1v) is 9.66. The number of benzene rings is 2. The van der Waals surface area contributed by atoms with E-state index in [0.717, 1.165) is 4.47 Å². The van der Waals surface area contributed by atoms with Gasteiger partial charge in [0.15, 0.2) is 0 Å². The molecule has 0 fully saturated rings. The summed E-state index contributed by atoms with van der Waals surface area (Å²) < 4.78 is 6.03. The second-order valence-corrected chi connectivity index (χ2v) is 7.20. The fourth-order valence-electron chi connectivity index (χ4n) is 3.07. The molecule has 29 heavy (non-hydrogen) atoms. The number of carboxylic acids is 1. The summed E-state index contributed by atoms with van der Waals surface area (Å²) >= 11 is 3.37. The number of allylic oxidation sites excluding steroid dienone is 1. The highest BCUT2D eigenvalue weighted by Crippen LogP contribution is 2.35. The number of carboxylic acid groups (broad SMARTS) is 1. The number of amides is 1. The SMILES string of the molecule is CCOC(=O)C1=C(C)N(c2ccc(Br)cc2)C(=O)C1=Cc1ccc(C(=O)O)cc1. The lowest BCUT2D eigenvalue weighted by Crippen LogP contribution is -2.24. The number of rotatable bonds is 5. The molecule has 2 aromatic rings. The van der Waals surface area contributed by atoms with Crippen molar-refractivity contribution >= 4 is 45.5 Å². The molecule has 0 aliphatic carbocycles. The van der Waals surface area contributed by atoms with Crippen LogP contribution in [0.2, 0.25) is 0 Å². The highest BCUT2D eigenvalue weighted by Gasteiger charge is 2.38. The monoisotopic (exact) mass is 455 g/mol. The molecule has 0 radical (unpaired) electrons. The normalized spacial score (nSPS) is 15.2. The van der Waals surface area contributed by atoms with Crippen LogP contribution in [0.5, 0.6) is 0 Å². The van der Waals surface area contributed by atoms with Gasteiger partial charge in [0.05, 0.1) is 23.3 Å². The van der Waals surface area contributed by atoms with Gasteiger partial charge in [0, 0.05) is 15.9 Å². The van der Waals surface area contributed by atoms with Gasteiger partial charge >= 0.3 is 11.9 Å². The van der Waals surface area contributed by atoms with E-state index in [1.165, 1.54) is 17.0 Å². The van der Waals surface area contributed by atoms with E-state index in [9.17, 15) is 14.4 Å². The fourth-order valence-corrected chi connectivity index (χ4v) is 3.34. The number of esters is 1. The standard InChI is InChI=1S/C22H18BrNO5/c1-3-29-22(28)19-13(2)24(17-10-8-16(23)9-11-17)20(25)18(19)12-14-4-6-15(7-5-14)21(26)27/h4-12H,3H2,1-2H3,(H,26,27). The van der Waals surface area contributed by atoms with Crippen LogP contribution < -0.4 is 4.90 Å².